The lowest BCUT2D eigenvalue weighted by Gasteiger charge is -2.38. The van der Waals surface area contributed by atoms with E-state index in [2.05, 4.69) is 32.6 Å². The summed E-state index contributed by atoms with van der Waals surface area (Å²) in [6.45, 7) is 12.8. The summed E-state index contributed by atoms with van der Waals surface area (Å²) < 4.78 is 0. The third kappa shape index (κ3) is 5.66. The van der Waals surface area contributed by atoms with E-state index in [0.29, 0.717) is 30.1 Å². The average molecular weight is 417 g/mol. The fraction of sp³-hybridized carbons (Fsp3) is 0.778. The molecule has 3 fully saturated rings. The number of rotatable bonds is 6. The van der Waals surface area contributed by atoms with Crippen molar-refractivity contribution in [2.45, 2.75) is 110 Å². The Morgan fingerprint density at radius 1 is 1.23 bits per heavy atom. The van der Waals surface area contributed by atoms with Crippen molar-refractivity contribution in [3.05, 3.63) is 35.5 Å². The zero-order chi connectivity index (χ0) is 22.1. The maximum Gasteiger partial charge on any atom is 0.0811 e. The molecule has 3 aliphatic carbocycles. The Balaban J connectivity index is 1.68. The smallest absolute Gasteiger partial charge is 0.0811 e. The molecule has 0 saturated heterocycles. The summed E-state index contributed by atoms with van der Waals surface area (Å²) in [6, 6.07) is 0. The molecule has 0 radical (unpaired) electrons. The number of hydrogen-bond acceptors (Lipinski definition) is 3. The molecule has 0 aromatic heterocycles. The van der Waals surface area contributed by atoms with Crippen molar-refractivity contribution in [3.63, 3.8) is 0 Å². The second kappa shape index (κ2) is 9.30. The van der Waals surface area contributed by atoms with Gasteiger partial charge in [0, 0.05) is 6.42 Å². The Morgan fingerprint density at radius 2 is 1.97 bits per heavy atom. The minimum atomic E-state index is -0.615. The zero-order valence-corrected chi connectivity index (χ0v) is 19.7. The van der Waals surface area contributed by atoms with Crippen LogP contribution in [0.2, 0.25) is 0 Å². The normalized spacial score (nSPS) is 38.8. The molecular formula is C27H44O3. The molecule has 170 valence electrons. The maximum atomic E-state index is 10.1. The highest BCUT2D eigenvalue weighted by Gasteiger charge is 2.47. The van der Waals surface area contributed by atoms with Gasteiger partial charge in [0.2, 0.25) is 0 Å². The molecule has 6 atom stereocenters. The number of fused-ring (bicyclic) bond motifs is 1. The van der Waals surface area contributed by atoms with Crippen LogP contribution in [0.5, 0.6) is 0 Å². The monoisotopic (exact) mass is 416 g/mol. The molecule has 2 unspecified atom stereocenters. The van der Waals surface area contributed by atoms with Crippen LogP contribution in [-0.2, 0) is 0 Å². The molecule has 0 spiro atoms. The van der Waals surface area contributed by atoms with Gasteiger partial charge in [0.1, 0.15) is 0 Å². The van der Waals surface area contributed by atoms with Gasteiger partial charge in [-0.2, -0.15) is 0 Å². The molecular weight excluding hydrogens is 372 g/mol. The molecule has 0 bridgehead atoms. The summed E-state index contributed by atoms with van der Waals surface area (Å²) in [6.07, 6.45) is 13.9. The van der Waals surface area contributed by atoms with Gasteiger partial charge in [-0.1, -0.05) is 51.0 Å². The molecule has 3 rings (SSSR count). The third-order valence-corrected chi connectivity index (χ3v) is 8.29. The highest BCUT2D eigenvalue weighted by molar-refractivity contribution is 5.38. The molecule has 0 aromatic rings. The first-order valence-electron chi connectivity index (χ1n) is 12.2. The topological polar surface area (TPSA) is 60.7 Å². The van der Waals surface area contributed by atoms with E-state index in [9.17, 15) is 15.3 Å². The predicted octanol–water partition coefficient (Wildman–Crippen LogP) is 5.70. The maximum absolute atomic E-state index is 10.1. The second-order valence-electron chi connectivity index (χ2n) is 11.5. The number of aliphatic hydroxyl groups is 3. The lowest BCUT2D eigenvalue weighted by Crippen LogP contribution is -2.28. The van der Waals surface area contributed by atoms with Crippen molar-refractivity contribution >= 4 is 0 Å². The van der Waals surface area contributed by atoms with Crippen LogP contribution in [0.15, 0.2) is 35.5 Å². The van der Waals surface area contributed by atoms with E-state index in [4.69, 9.17) is 0 Å². The van der Waals surface area contributed by atoms with E-state index >= 15 is 0 Å². The highest BCUT2D eigenvalue weighted by Crippen LogP contribution is 2.58. The SMILES string of the molecule is C=C1/C(=C\C=C2/CCC[C@]3(C)CC(C(C)CCCC(C)(C)O)C[C@@H]23)C[C@@H](O)C[C@@H]1O. The molecule has 3 nitrogen and oxygen atoms in total. The lowest BCUT2D eigenvalue weighted by molar-refractivity contribution is 0.0659. The molecule has 3 aliphatic rings. The molecule has 30 heavy (non-hydrogen) atoms. The summed E-state index contributed by atoms with van der Waals surface area (Å²) in [5.74, 6) is 2.12. The Labute approximate surface area is 184 Å². The van der Waals surface area contributed by atoms with E-state index in [-0.39, 0.29) is 0 Å². The molecule has 3 heteroatoms. The molecule has 0 heterocycles. The minimum Gasteiger partial charge on any atom is -0.393 e. The zero-order valence-electron chi connectivity index (χ0n) is 19.7. The third-order valence-electron chi connectivity index (χ3n) is 8.29. The van der Waals surface area contributed by atoms with Crippen LogP contribution in [0.1, 0.15) is 91.9 Å². The van der Waals surface area contributed by atoms with Gasteiger partial charge in [-0.3, -0.25) is 0 Å². The first kappa shape index (κ1) is 23.8. The summed E-state index contributed by atoms with van der Waals surface area (Å²) in [4.78, 5) is 0. The molecule has 3 N–H and O–H groups in total. The van der Waals surface area contributed by atoms with Crippen LogP contribution in [-0.4, -0.2) is 33.1 Å². The van der Waals surface area contributed by atoms with Gasteiger partial charge in [-0.15, -0.1) is 0 Å². The number of aliphatic hydroxyl groups excluding tert-OH is 2. The summed E-state index contributed by atoms with van der Waals surface area (Å²) in [5.41, 5.74) is 3.20. The van der Waals surface area contributed by atoms with E-state index in [0.717, 1.165) is 29.9 Å². The summed E-state index contributed by atoms with van der Waals surface area (Å²) in [7, 11) is 0. The van der Waals surface area contributed by atoms with Crippen molar-refractivity contribution < 1.29 is 15.3 Å². The Bertz CT molecular complexity index is 683. The first-order valence-corrected chi connectivity index (χ1v) is 12.2. The van der Waals surface area contributed by atoms with Crippen molar-refractivity contribution in [1.82, 2.24) is 0 Å². The fourth-order valence-corrected chi connectivity index (χ4v) is 6.35. The van der Waals surface area contributed by atoms with Crippen LogP contribution in [0.3, 0.4) is 0 Å². The van der Waals surface area contributed by atoms with Crippen molar-refractivity contribution in [2.75, 3.05) is 0 Å². The van der Waals surface area contributed by atoms with Crippen molar-refractivity contribution in [1.29, 1.82) is 0 Å². The Hall–Kier alpha value is -0.900. The summed E-state index contributed by atoms with van der Waals surface area (Å²) >= 11 is 0. The van der Waals surface area contributed by atoms with E-state index in [1.165, 1.54) is 38.5 Å². The molecule has 3 saturated carbocycles. The van der Waals surface area contributed by atoms with Gasteiger partial charge in [-0.05, 0) is 93.1 Å². The lowest BCUT2D eigenvalue weighted by atomic mass is 9.67. The first-order chi connectivity index (χ1) is 14.0. The minimum absolute atomic E-state index is 0.403. The van der Waals surface area contributed by atoms with E-state index in [1.54, 1.807) is 5.57 Å². The standard InChI is InChI=1S/C27H44O3/c1-18(8-6-12-26(3,4)30)22-15-24-20(9-7-13-27(24,5)17-22)10-11-21-14-23(28)16-25(29)19(21)2/h10-11,18,22-25,28-30H,2,6-9,12-17H2,1,3-5H3/b20-10+,21-11-/t18?,22?,23-,24+,25+,27-/m1/s1. The number of hydrogen-bond donors (Lipinski definition) is 3. The van der Waals surface area contributed by atoms with Crippen LogP contribution >= 0.6 is 0 Å². The molecule has 0 amide bonds. The van der Waals surface area contributed by atoms with Gasteiger partial charge >= 0.3 is 0 Å². The van der Waals surface area contributed by atoms with Gasteiger partial charge in [0.25, 0.3) is 0 Å². The van der Waals surface area contributed by atoms with Crippen LogP contribution < -0.4 is 0 Å². The molecule has 0 aliphatic heterocycles. The Morgan fingerprint density at radius 3 is 2.67 bits per heavy atom. The van der Waals surface area contributed by atoms with Crippen LogP contribution in [0.4, 0.5) is 0 Å². The highest BCUT2D eigenvalue weighted by atomic mass is 16.3. The number of allylic oxidation sites excluding steroid dienone is 3. The van der Waals surface area contributed by atoms with Gasteiger partial charge in [0.05, 0.1) is 17.8 Å². The summed E-state index contributed by atoms with van der Waals surface area (Å²) in [5, 5.41) is 30.2. The van der Waals surface area contributed by atoms with E-state index < -0.39 is 17.8 Å². The Kier molecular flexibility index (Phi) is 7.37. The van der Waals surface area contributed by atoms with Gasteiger partial charge in [0.15, 0.2) is 0 Å². The van der Waals surface area contributed by atoms with Crippen LogP contribution in [0, 0.1) is 23.2 Å². The van der Waals surface area contributed by atoms with Crippen molar-refractivity contribution in [2.24, 2.45) is 23.2 Å². The van der Waals surface area contributed by atoms with Gasteiger partial charge in [-0.25, -0.2) is 0 Å². The van der Waals surface area contributed by atoms with Gasteiger partial charge < -0.3 is 15.3 Å². The second-order valence-corrected chi connectivity index (χ2v) is 11.5. The molecule has 0 aromatic carbocycles. The largest absolute Gasteiger partial charge is 0.393 e. The van der Waals surface area contributed by atoms with Crippen molar-refractivity contribution in [3.8, 4) is 0 Å². The van der Waals surface area contributed by atoms with E-state index in [1.807, 2.05) is 13.8 Å². The quantitative estimate of drug-likeness (QED) is 0.520. The van der Waals surface area contributed by atoms with Crippen LogP contribution in [0.25, 0.3) is 0 Å². The average Bonchev–Trinajstić information content (AvgIpc) is 3.00. The predicted molar refractivity (Wildman–Crippen MR) is 124 cm³/mol. The fourth-order valence-electron chi connectivity index (χ4n) is 6.35.